The van der Waals surface area contributed by atoms with Gasteiger partial charge in [0.25, 0.3) is 7.37 Å². The van der Waals surface area contributed by atoms with Crippen LogP contribution in [0.25, 0.3) is 11.1 Å². The van der Waals surface area contributed by atoms with Gasteiger partial charge in [0.1, 0.15) is 11.5 Å². The van der Waals surface area contributed by atoms with Gasteiger partial charge in [-0.25, -0.2) is 0 Å². The molecule has 0 saturated heterocycles. The second kappa shape index (κ2) is 5.92. The Morgan fingerprint density at radius 3 is 1.70 bits per heavy atom. The molecule has 0 aliphatic rings. The highest BCUT2D eigenvalue weighted by atomic mass is 31.2. The van der Waals surface area contributed by atoms with Crippen LogP contribution in [0.3, 0.4) is 0 Å². The minimum absolute atomic E-state index is 0.0251. The molecule has 4 nitrogen and oxygen atoms in total. The molecule has 1 unspecified atom stereocenters. The first-order valence-corrected chi connectivity index (χ1v) is 8.67. The molecule has 3 aromatic rings. The lowest BCUT2D eigenvalue weighted by molar-refractivity contribution is 0.472. The van der Waals surface area contributed by atoms with E-state index in [-0.39, 0.29) is 22.1 Å². The molecule has 0 spiro atoms. The zero-order valence-electron chi connectivity index (χ0n) is 12.1. The van der Waals surface area contributed by atoms with Gasteiger partial charge in [-0.05, 0) is 29.8 Å². The number of benzene rings is 3. The third-order valence-corrected chi connectivity index (χ3v) is 5.71. The zero-order chi connectivity index (χ0) is 16.4. The highest BCUT2D eigenvalue weighted by molar-refractivity contribution is 7.74. The predicted molar refractivity (Wildman–Crippen MR) is 90.7 cm³/mol. The lowest BCUT2D eigenvalue weighted by atomic mass is 10.0. The molecule has 3 aromatic carbocycles. The Labute approximate surface area is 133 Å². The van der Waals surface area contributed by atoms with Gasteiger partial charge in [0.05, 0.1) is 5.30 Å². The van der Waals surface area contributed by atoms with Crippen LogP contribution >= 0.6 is 7.37 Å². The standard InChI is InChI=1S/C18H15O4P/c19-15-9-3-1-7-13(15)14-8-2-5-11-17(14)23(21,22)18-12-6-4-10-16(18)20/h1-12,19-20H,(H,21,22). The van der Waals surface area contributed by atoms with E-state index in [1.807, 2.05) is 0 Å². The Kier molecular flexibility index (Phi) is 3.95. The minimum Gasteiger partial charge on any atom is -0.507 e. The minimum atomic E-state index is -4.02. The fraction of sp³-hybridized carbons (Fsp3) is 0. The van der Waals surface area contributed by atoms with Crippen LogP contribution in [0.15, 0.2) is 72.8 Å². The summed E-state index contributed by atoms with van der Waals surface area (Å²) in [6.45, 7) is 0. The first-order valence-electron chi connectivity index (χ1n) is 7.01. The molecule has 5 heteroatoms. The van der Waals surface area contributed by atoms with E-state index in [2.05, 4.69) is 0 Å². The van der Waals surface area contributed by atoms with Crippen LogP contribution in [0.4, 0.5) is 0 Å². The van der Waals surface area contributed by atoms with Crippen molar-refractivity contribution in [3.8, 4) is 22.6 Å². The first kappa shape index (κ1) is 15.3. The molecule has 1 atom stereocenters. The van der Waals surface area contributed by atoms with Gasteiger partial charge in [0.2, 0.25) is 0 Å². The van der Waals surface area contributed by atoms with Crippen molar-refractivity contribution in [2.75, 3.05) is 0 Å². The number of para-hydroxylation sites is 2. The summed E-state index contributed by atoms with van der Waals surface area (Å²) in [5.74, 6) is -0.206. The van der Waals surface area contributed by atoms with Crippen LogP contribution in [0.5, 0.6) is 11.5 Å². The first-order chi connectivity index (χ1) is 11.0. The van der Waals surface area contributed by atoms with Crippen LogP contribution in [-0.2, 0) is 4.57 Å². The fourth-order valence-electron chi connectivity index (χ4n) is 2.52. The molecular formula is C18H15O4P. The molecule has 3 rings (SSSR count). The lowest BCUT2D eigenvalue weighted by Gasteiger charge is -2.17. The molecule has 23 heavy (non-hydrogen) atoms. The summed E-state index contributed by atoms with van der Waals surface area (Å²) in [5.41, 5.74) is 0.924. The van der Waals surface area contributed by atoms with Crippen molar-refractivity contribution < 1.29 is 19.7 Å². The Hall–Kier alpha value is -2.55. The maximum atomic E-state index is 13.1. The summed E-state index contributed by atoms with van der Waals surface area (Å²) in [5, 5.41) is 20.1. The summed E-state index contributed by atoms with van der Waals surface area (Å²) in [6.07, 6.45) is 0. The molecule has 0 aliphatic heterocycles. The highest BCUT2D eigenvalue weighted by Crippen LogP contribution is 2.44. The Bertz CT molecular complexity index is 905. The smallest absolute Gasteiger partial charge is 0.263 e. The third-order valence-electron chi connectivity index (χ3n) is 3.63. The topological polar surface area (TPSA) is 77.8 Å². The number of phenolic OH excluding ortho intramolecular Hbond substituents is 2. The van der Waals surface area contributed by atoms with Crippen molar-refractivity contribution in [2.24, 2.45) is 0 Å². The summed E-state index contributed by atoms with van der Waals surface area (Å²) >= 11 is 0. The van der Waals surface area contributed by atoms with Crippen molar-refractivity contribution in [1.29, 1.82) is 0 Å². The van der Waals surface area contributed by atoms with Gasteiger partial charge in [-0.1, -0.05) is 48.5 Å². The van der Waals surface area contributed by atoms with E-state index in [9.17, 15) is 19.7 Å². The second-order valence-corrected chi connectivity index (χ2v) is 7.21. The SMILES string of the molecule is O=P(O)(c1ccccc1O)c1ccccc1-c1ccccc1O. The third kappa shape index (κ3) is 2.74. The number of phenols is 2. The molecule has 0 radical (unpaired) electrons. The zero-order valence-corrected chi connectivity index (χ0v) is 13.0. The Morgan fingerprint density at radius 2 is 1.09 bits per heavy atom. The molecule has 116 valence electrons. The largest absolute Gasteiger partial charge is 0.507 e. The van der Waals surface area contributed by atoms with Crippen LogP contribution in [0.2, 0.25) is 0 Å². The average Bonchev–Trinajstić information content (AvgIpc) is 2.55. The van der Waals surface area contributed by atoms with Crippen molar-refractivity contribution in [1.82, 2.24) is 0 Å². The lowest BCUT2D eigenvalue weighted by Crippen LogP contribution is -2.17. The summed E-state index contributed by atoms with van der Waals surface area (Å²) in [4.78, 5) is 10.7. The highest BCUT2D eigenvalue weighted by Gasteiger charge is 2.30. The fourth-order valence-corrected chi connectivity index (χ4v) is 4.26. The van der Waals surface area contributed by atoms with E-state index in [1.54, 1.807) is 48.5 Å². The van der Waals surface area contributed by atoms with Gasteiger partial charge in [0.15, 0.2) is 0 Å². The van der Waals surface area contributed by atoms with Crippen molar-refractivity contribution in [3.05, 3.63) is 72.8 Å². The molecule has 3 N–H and O–H groups in total. The molecule has 0 saturated carbocycles. The van der Waals surface area contributed by atoms with E-state index in [0.29, 0.717) is 11.1 Å². The molecule has 0 heterocycles. The molecule has 0 aromatic heterocycles. The van der Waals surface area contributed by atoms with Gasteiger partial charge in [-0.2, -0.15) is 0 Å². The van der Waals surface area contributed by atoms with Crippen molar-refractivity contribution in [3.63, 3.8) is 0 Å². The molecule has 0 amide bonds. The predicted octanol–water partition coefficient (Wildman–Crippen LogP) is 2.99. The quantitative estimate of drug-likeness (QED) is 0.647. The molecule has 0 bridgehead atoms. The van der Waals surface area contributed by atoms with Crippen molar-refractivity contribution >= 4 is 18.0 Å². The van der Waals surface area contributed by atoms with Gasteiger partial charge >= 0.3 is 0 Å². The summed E-state index contributed by atoms with van der Waals surface area (Å²) in [7, 11) is -4.02. The molecular weight excluding hydrogens is 311 g/mol. The number of hydrogen-bond acceptors (Lipinski definition) is 3. The van der Waals surface area contributed by atoms with Crippen LogP contribution in [0, 0.1) is 0 Å². The normalized spacial score (nSPS) is 13.4. The van der Waals surface area contributed by atoms with E-state index < -0.39 is 7.37 Å². The van der Waals surface area contributed by atoms with E-state index in [1.165, 1.54) is 24.3 Å². The maximum absolute atomic E-state index is 13.1. The van der Waals surface area contributed by atoms with Crippen LogP contribution in [0.1, 0.15) is 0 Å². The average molecular weight is 326 g/mol. The number of aromatic hydroxyl groups is 2. The molecule has 0 fully saturated rings. The maximum Gasteiger partial charge on any atom is 0.263 e. The summed E-state index contributed by atoms with van der Waals surface area (Å²) in [6, 6.07) is 19.2. The van der Waals surface area contributed by atoms with Gasteiger partial charge in [-0.3, -0.25) is 4.57 Å². The monoisotopic (exact) mass is 326 g/mol. The van der Waals surface area contributed by atoms with E-state index >= 15 is 0 Å². The van der Waals surface area contributed by atoms with E-state index in [0.717, 1.165) is 0 Å². The van der Waals surface area contributed by atoms with Gasteiger partial charge < -0.3 is 15.1 Å². The van der Waals surface area contributed by atoms with Gasteiger partial charge in [-0.15, -0.1) is 0 Å². The summed E-state index contributed by atoms with van der Waals surface area (Å²) < 4.78 is 13.1. The Balaban J connectivity index is 2.24. The van der Waals surface area contributed by atoms with Crippen molar-refractivity contribution in [2.45, 2.75) is 0 Å². The van der Waals surface area contributed by atoms with Crippen LogP contribution < -0.4 is 10.6 Å². The van der Waals surface area contributed by atoms with Crippen LogP contribution in [-0.4, -0.2) is 15.1 Å². The van der Waals surface area contributed by atoms with Gasteiger partial charge in [0, 0.05) is 10.9 Å². The number of hydrogen-bond donors (Lipinski definition) is 3. The number of rotatable bonds is 3. The second-order valence-electron chi connectivity index (χ2n) is 5.10. The Morgan fingerprint density at radius 1 is 0.609 bits per heavy atom. The van der Waals surface area contributed by atoms with E-state index in [4.69, 9.17) is 0 Å². The molecule has 0 aliphatic carbocycles.